The predicted octanol–water partition coefficient (Wildman–Crippen LogP) is 2.92. The van der Waals surface area contributed by atoms with Crippen LogP contribution < -0.4 is 15.4 Å². The number of alkyl halides is 1. The molecule has 35 heavy (non-hydrogen) atoms. The topological polar surface area (TPSA) is 99.6 Å². The minimum absolute atomic E-state index is 0.0584. The molecular weight excluding hydrogens is 469 g/mol. The van der Waals surface area contributed by atoms with Gasteiger partial charge in [0.15, 0.2) is 0 Å². The number of aliphatic hydroxyl groups excluding tert-OH is 1. The zero-order chi connectivity index (χ0) is 24.4. The van der Waals surface area contributed by atoms with Gasteiger partial charge in [0.05, 0.1) is 35.1 Å². The van der Waals surface area contributed by atoms with Crippen molar-refractivity contribution in [2.75, 3.05) is 37.8 Å². The van der Waals surface area contributed by atoms with Crippen LogP contribution in [0.2, 0.25) is 0 Å². The van der Waals surface area contributed by atoms with Gasteiger partial charge in [0.25, 0.3) is 0 Å². The van der Waals surface area contributed by atoms with Gasteiger partial charge in [-0.2, -0.15) is 0 Å². The molecule has 0 unspecified atom stereocenters. The number of pyridine rings is 2. The van der Waals surface area contributed by atoms with Gasteiger partial charge < -0.3 is 20.5 Å². The number of ether oxygens (including phenoxy) is 1. The number of rotatable bonds is 7. The molecule has 0 radical (unpaired) electrons. The monoisotopic (exact) mass is 497 g/mol. The number of benzene rings is 1. The SMILES string of the molecule is COc1ccc2cccc([C@@H](O)CN3CC[C@H](NCc4ccc5c(n4)NC(=O)CS5)[C@H](F)C3)c2n1. The van der Waals surface area contributed by atoms with E-state index in [0.29, 0.717) is 54.6 Å². The number of likely N-dealkylation sites (tertiary alicyclic amines) is 1. The molecule has 4 heterocycles. The highest BCUT2D eigenvalue weighted by molar-refractivity contribution is 8.00. The lowest BCUT2D eigenvalue weighted by Crippen LogP contribution is -2.51. The van der Waals surface area contributed by atoms with Gasteiger partial charge >= 0.3 is 0 Å². The number of nitrogens with zero attached hydrogens (tertiary/aromatic N) is 3. The Morgan fingerprint density at radius 3 is 3.00 bits per heavy atom. The number of thioether (sulfide) groups is 1. The van der Waals surface area contributed by atoms with Crippen LogP contribution in [0.15, 0.2) is 47.4 Å². The summed E-state index contributed by atoms with van der Waals surface area (Å²) < 4.78 is 20.3. The van der Waals surface area contributed by atoms with Crippen LogP contribution in [0.25, 0.3) is 10.9 Å². The second-order valence-corrected chi connectivity index (χ2v) is 9.84. The number of methoxy groups -OCH3 is 1. The van der Waals surface area contributed by atoms with E-state index in [0.717, 1.165) is 16.0 Å². The summed E-state index contributed by atoms with van der Waals surface area (Å²) in [4.78, 5) is 23.5. The summed E-state index contributed by atoms with van der Waals surface area (Å²) in [6.45, 7) is 1.65. The molecule has 0 saturated carbocycles. The van der Waals surface area contributed by atoms with Crippen LogP contribution >= 0.6 is 11.8 Å². The van der Waals surface area contributed by atoms with Crippen molar-refractivity contribution in [2.45, 2.75) is 36.2 Å². The van der Waals surface area contributed by atoms with Crippen LogP contribution in [0.4, 0.5) is 10.2 Å². The predicted molar refractivity (Wildman–Crippen MR) is 133 cm³/mol. The lowest BCUT2D eigenvalue weighted by Gasteiger charge is -2.36. The fourth-order valence-corrected chi connectivity index (χ4v) is 5.34. The average molecular weight is 498 g/mol. The first-order valence-corrected chi connectivity index (χ1v) is 12.6. The van der Waals surface area contributed by atoms with Crippen molar-refractivity contribution >= 4 is 34.4 Å². The molecular formula is C25H28FN5O3S. The number of anilines is 1. The van der Waals surface area contributed by atoms with E-state index in [-0.39, 0.29) is 18.5 Å². The third-order valence-electron chi connectivity index (χ3n) is 6.43. The van der Waals surface area contributed by atoms with Gasteiger partial charge in [0.2, 0.25) is 11.8 Å². The van der Waals surface area contributed by atoms with Gasteiger partial charge in [-0.1, -0.05) is 18.2 Å². The van der Waals surface area contributed by atoms with E-state index >= 15 is 4.39 Å². The lowest BCUT2D eigenvalue weighted by molar-refractivity contribution is -0.113. The molecule has 8 nitrogen and oxygen atoms in total. The first-order valence-electron chi connectivity index (χ1n) is 11.6. The molecule has 0 aliphatic carbocycles. The number of para-hydroxylation sites is 1. The Hall–Kier alpha value is -2.79. The molecule has 0 spiro atoms. The number of nitrogens with one attached hydrogen (secondary N) is 2. The quantitative estimate of drug-likeness (QED) is 0.458. The molecule has 1 fully saturated rings. The van der Waals surface area contributed by atoms with Crippen LogP contribution in [-0.4, -0.2) is 70.6 Å². The van der Waals surface area contributed by atoms with Crippen LogP contribution in [0, 0.1) is 0 Å². The highest BCUT2D eigenvalue weighted by Gasteiger charge is 2.30. The molecule has 10 heteroatoms. The Morgan fingerprint density at radius 2 is 2.17 bits per heavy atom. The molecule has 3 aromatic rings. The second-order valence-electron chi connectivity index (χ2n) is 8.83. The molecule has 3 N–H and O–H groups in total. The summed E-state index contributed by atoms with van der Waals surface area (Å²) in [5.41, 5.74) is 2.16. The second kappa shape index (κ2) is 10.4. The lowest BCUT2D eigenvalue weighted by atomic mass is 10.0. The molecule has 5 rings (SSSR count). The van der Waals surface area contributed by atoms with Gasteiger partial charge in [-0.25, -0.2) is 14.4 Å². The first-order chi connectivity index (χ1) is 17.0. The van der Waals surface area contributed by atoms with Crippen LogP contribution in [0.1, 0.15) is 23.8 Å². The van der Waals surface area contributed by atoms with Gasteiger partial charge in [-0.3, -0.25) is 9.69 Å². The molecule has 2 aliphatic heterocycles. The average Bonchev–Trinajstić information content (AvgIpc) is 2.87. The Morgan fingerprint density at radius 1 is 1.29 bits per heavy atom. The van der Waals surface area contributed by atoms with E-state index in [1.54, 1.807) is 13.2 Å². The number of aliphatic hydroxyl groups is 1. The highest BCUT2D eigenvalue weighted by atomic mass is 32.2. The van der Waals surface area contributed by atoms with E-state index in [4.69, 9.17) is 4.74 Å². The molecule has 1 aromatic carbocycles. The molecule has 184 valence electrons. The fraction of sp³-hybridized carbons (Fsp3) is 0.400. The summed E-state index contributed by atoms with van der Waals surface area (Å²) >= 11 is 1.47. The third kappa shape index (κ3) is 5.40. The number of carbonyl (C=O) groups excluding carboxylic acids is 1. The van der Waals surface area contributed by atoms with E-state index in [1.807, 2.05) is 41.3 Å². The molecule has 1 saturated heterocycles. The standard InChI is InChI=1S/C25H28FN5O3S/c1-34-23-8-5-15-3-2-4-17(24(15)30-23)20(32)13-31-10-9-19(18(26)12-31)27-11-16-6-7-21-25(28-16)29-22(33)14-35-21/h2-8,18-20,27,32H,9-14H2,1H3,(H,28,29,33)/t18-,19+,20+/m1/s1. The van der Waals surface area contributed by atoms with Crippen molar-refractivity contribution in [3.05, 3.63) is 53.7 Å². The van der Waals surface area contributed by atoms with Gasteiger partial charge in [0.1, 0.15) is 12.0 Å². The number of amides is 1. The minimum Gasteiger partial charge on any atom is -0.481 e. The number of hydrogen-bond donors (Lipinski definition) is 3. The number of hydrogen-bond acceptors (Lipinski definition) is 8. The van der Waals surface area contributed by atoms with Crippen molar-refractivity contribution < 1.29 is 19.0 Å². The summed E-state index contributed by atoms with van der Waals surface area (Å²) in [5.74, 6) is 1.40. The summed E-state index contributed by atoms with van der Waals surface area (Å²) in [7, 11) is 1.56. The van der Waals surface area contributed by atoms with E-state index < -0.39 is 12.3 Å². The largest absolute Gasteiger partial charge is 0.481 e. The smallest absolute Gasteiger partial charge is 0.235 e. The van der Waals surface area contributed by atoms with Crippen LogP contribution in [0.5, 0.6) is 5.88 Å². The Bertz CT molecular complexity index is 1230. The maximum atomic E-state index is 15.0. The van der Waals surface area contributed by atoms with E-state index in [2.05, 4.69) is 20.6 Å². The van der Waals surface area contributed by atoms with Gasteiger partial charge in [0, 0.05) is 42.7 Å². The Kier molecular flexibility index (Phi) is 7.14. The number of aromatic nitrogens is 2. The van der Waals surface area contributed by atoms with Crippen molar-refractivity contribution in [3.63, 3.8) is 0 Å². The number of carbonyl (C=O) groups is 1. The van der Waals surface area contributed by atoms with E-state index in [9.17, 15) is 9.90 Å². The summed E-state index contributed by atoms with van der Waals surface area (Å²) in [6.07, 6.45) is -1.25. The first kappa shape index (κ1) is 23.9. The highest BCUT2D eigenvalue weighted by Crippen LogP contribution is 2.30. The number of fused-ring (bicyclic) bond motifs is 2. The normalized spacial score (nSPS) is 21.4. The number of piperidine rings is 1. The number of halogens is 1. The van der Waals surface area contributed by atoms with Crippen molar-refractivity contribution in [1.82, 2.24) is 20.2 Å². The summed E-state index contributed by atoms with van der Waals surface area (Å²) in [6, 6.07) is 12.9. The van der Waals surface area contributed by atoms with Gasteiger partial charge in [-0.15, -0.1) is 11.8 Å². The van der Waals surface area contributed by atoms with E-state index in [1.165, 1.54) is 11.8 Å². The van der Waals surface area contributed by atoms with Gasteiger partial charge in [-0.05, 0) is 31.2 Å². The zero-order valence-electron chi connectivity index (χ0n) is 19.4. The molecule has 1 amide bonds. The summed E-state index contributed by atoms with van der Waals surface area (Å²) in [5, 5.41) is 17.9. The maximum Gasteiger partial charge on any atom is 0.235 e. The zero-order valence-corrected chi connectivity index (χ0v) is 20.2. The molecule has 2 aliphatic rings. The molecule has 2 aromatic heterocycles. The van der Waals surface area contributed by atoms with Crippen LogP contribution in [0.3, 0.4) is 0 Å². The van der Waals surface area contributed by atoms with Crippen molar-refractivity contribution in [2.24, 2.45) is 0 Å². The van der Waals surface area contributed by atoms with Crippen LogP contribution in [-0.2, 0) is 11.3 Å². The number of β-amino-alcohol motifs (C(OH)–C–C–N with tert-alkyl or cyclic N) is 1. The molecule has 0 bridgehead atoms. The van der Waals surface area contributed by atoms with Crippen molar-refractivity contribution in [3.8, 4) is 5.88 Å². The Labute approximate surface area is 207 Å². The van der Waals surface area contributed by atoms with Crippen molar-refractivity contribution in [1.29, 1.82) is 0 Å². The minimum atomic E-state index is -1.07. The Balaban J connectivity index is 1.17. The molecule has 3 atom stereocenters. The maximum absolute atomic E-state index is 15.0. The fourth-order valence-electron chi connectivity index (χ4n) is 4.58. The third-order valence-corrected chi connectivity index (χ3v) is 7.48.